The lowest BCUT2D eigenvalue weighted by molar-refractivity contribution is 0.436. The van der Waals surface area contributed by atoms with Gasteiger partial charge >= 0.3 is 0 Å². The number of nitrogens with zero attached hydrogens (tertiary/aromatic N) is 3. The Balaban J connectivity index is 2.22. The summed E-state index contributed by atoms with van der Waals surface area (Å²) >= 11 is 0. The summed E-state index contributed by atoms with van der Waals surface area (Å²) in [5.74, 6) is 0.949. The SMILES string of the molecule is Cc1[nH]ncc1-c1onc(N)c1-c1cccnc1. The predicted molar refractivity (Wildman–Crippen MR) is 66.5 cm³/mol. The van der Waals surface area contributed by atoms with Crippen molar-refractivity contribution < 1.29 is 4.52 Å². The van der Waals surface area contributed by atoms with Crippen molar-refractivity contribution in [1.82, 2.24) is 20.3 Å². The molecule has 0 aromatic carbocycles. The molecule has 0 aliphatic heterocycles. The summed E-state index contributed by atoms with van der Waals surface area (Å²) in [6.07, 6.45) is 5.12. The summed E-state index contributed by atoms with van der Waals surface area (Å²) < 4.78 is 5.31. The van der Waals surface area contributed by atoms with Gasteiger partial charge in [-0.3, -0.25) is 10.1 Å². The average Bonchev–Trinajstić information content (AvgIpc) is 2.96. The number of hydrogen-bond donors (Lipinski definition) is 2. The second-order valence-electron chi connectivity index (χ2n) is 3.92. The van der Waals surface area contributed by atoms with E-state index in [0.717, 1.165) is 22.4 Å². The molecule has 0 aliphatic rings. The van der Waals surface area contributed by atoms with Crippen LogP contribution in [0, 0.1) is 6.92 Å². The first-order chi connectivity index (χ1) is 8.77. The fourth-order valence-electron chi connectivity index (χ4n) is 1.86. The molecule has 6 nitrogen and oxygen atoms in total. The Labute approximate surface area is 103 Å². The molecule has 0 saturated carbocycles. The first kappa shape index (κ1) is 10.5. The second-order valence-corrected chi connectivity index (χ2v) is 3.92. The van der Waals surface area contributed by atoms with Gasteiger partial charge in [0.2, 0.25) is 0 Å². The van der Waals surface area contributed by atoms with Gasteiger partial charge < -0.3 is 10.3 Å². The molecule has 90 valence electrons. The van der Waals surface area contributed by atoms with Crippen molar-refractivity contribution in [2.75, 3.05) is 5.73 Å². The fourth-order valence-corrected chi connectivity index (χ4v) is 1.86. The molecule has 18 heavy (non-hydrogen) atoms. The third-order valence-electron chi connectivity index (χ3n) is 2.74. The van der Waals surface area contributed by atoms with Crippen LogP contribution < -0.4 is 5.73 Å². The van der Waals surface area contributed by atoms with Crippen LogP contribution in [0.3, 0.4) is 0 Å². The summed E-state index contributed by atoms with van der Waals surface area (Å²) in [4.78, 5) is 4.08. The Morgan fingerprint density at radius 1 is 1.33 bits per heavy atom. The molecule has 3 N–H and O–H groups in total. The number of nitrogens with one attached hydrogen (secondary N) is 1. The molecule has 0 saturated heterocycles. The third-order valence-corrected chi connectivity index (χ3v) is 2.74. The molecular formula is C12H11N5O. The number of H-pyrrole nitrogens is 1. The number of nitrogens with two attached hydrogens (primary N) is 1. The highest BCUT2D eigenvalue weighted by Gasteiger charge is 2.19. The molecule has 0 radical (unpaired) electrons. The van der Waals surface area contributed by atoms with Gasteiger partial charge in [-0.25, -0.2) is 0 Å². The van der Waals surface area contributed by atoms with Crippen LogP contribution in [0.25, 0.3) is 22.5 Å². The third kappa shape index (κ3) is 1.55. The normalized spacial score (nSPS) is 10.7. The molecule has 3 heterocycles. The van der Waals surface area contributed by atoms with Crippen LogP contribution in [0.1, 0.15) is 5.69 Å². The number of aryl methyl sites for hydroxylation is 1. The van der Waals surface area contributed by atoms with Crippen molar-refractivity contribution in [1.29, 1.82) is 0 Å². The van der Waals surface area contributed by atoms with Crippen LogP contribution in [0.4, 0.5) is 5.82 Å². The maximum Gasteiger partial charge on any atom is 0.180 e. The van der Waals surface area contributed by atoms with Crippen molar-refractivity contribution >= 4 is 5.82 Å². The Morgan fingerprint density at radius 3 is 2.89 bits per heavy atom. The molecule has 3 rings (SSSR count). The van der Waals surface area contributed by atoms with E-state index >= 15 is 0 Å². The molecule has 0 unspecified atom stereocenters. The molecule has 0 amide bonds. The van der Waals surface area contributed by atoms with E-state index in [1.165, 1.54) is 0 Å². The van der Waals surface area contributed by atoms with Gasteiger partial charge in [0.05, 0.1) is 17.3 Å². The zero-order valence-electron chi connectivity index (χ0n) is 9.71. The van der Waals surface area contributed by atoms with Crippen LogP contribution in [-0.2, 0) is 0 Å². The number of nitrogen functional groups attached to an aromatic ring is 1. The maximum absolute atomic E-state index is 5.87. The maximum atomic E-state index is 5.87. The minimum Gasteiger partial charge on any atom is -0.380 e. The minimum absolute atomic E-state index is 0.346. The van der Waals surface area contributed by atoms with Gasteiger partial charge in [-0.05, 0) is 13.0 Å². The zero-order valence-corrected chi connectivity index (χ0v) is 9.71. The van der Waals surface area contributed by atoms with Crippen LogP contribution >= 0.6 is 0 Å². The number of aromatic nitrogens is 4. The second kappa shape index (κ2) is 3.99. The van der Waals surface area contributed by atoms with E-state index in [1.54, 1.807) is 18.6 Å². The molecule has 3 aromatic rings. The minimum atomic E-state index is 0.346. The Hall–Kier alpha value is -2.63. The van der Waals surface area contributed by atoms with Crippen LogP contribution in [0.15, 0.2) is 35.2 Å². The summed E-state index contributed by atoms with van der Waals surface area (Å²) in [7, 11) is 0. The van der Waals surface area contributed by atoms with E-state index < -0.39 is 0 Å². The van der Waals surface area contributed by atoms with Gasteiger partial charge in [0, 0.05) is 23.7 Å². The molecule has 0 bridgehead atoms. The smallest absolute Gasteiger partial charge is 0.180 e. The standard InChI is InChI=1S/C12H11N5O/c1-7-9(6-15-16-7)11-10(12(13)17-18-11)8-3-2-4-14-5-8/h2-6H,1H3,(H2,13,17)(H,15,16). The zero-order chi connectivity index (χ0) is 12.5. The lowest BCUT2D eigenvalue weighted by Gasteiger charge is -2.00. The summed E-state index contributed by atoms with van der Waals surface area (Å²) in [6, 6.07) is 3.75. The van der Waals surface area contributed by atoms with Gasteiger partial charge in [0.15, 0.2) is 11.6 Å². The van der Waals surface area contributed by atoms with E-state index in [2.05, 4.69) is 20.3 Å². The lowest BCUT2D eigenvalue weighted by Crippen LogP contribution is -1.89. The molecule has 0 spiro atoms. The lowest BCUT2D eigenvalue weighted by atomic mass is 10.0. The highest BCUT2D eigenvalue weighted by molar-refractivity contribution is 5.86. The predicted octanol–water partition coefficient (Wildman–Crippen LogP) is 2.02. The molecule has 0 aliphatic carbocycles. The Kier molecular flexibility index (Phi) is 2.33. The summed E-state index contributed by atoms with van der Waals surface area (Å²) in [5, 5.41) is 10.7. The van der Waals surface area contributed by atoms with Gasteiger partial charge in [0.1, 0.15) is 0 Å². The van der Waals surface area contributed by atoms with Crippen LogP contribution in [-0.4, -0.2) is 20.3 Å². The van der Waals surface area contributed by atoms with Gasteiger partial charge in [-0.1, -0.05) is 11.2 Å². The van der Waals surface area contributed by atoms with E-state index in [-0.39, 0.29) is 0 Å². The first-order valence-electron chi connectivity index (χ1n) is 5.43. The topological polar surface area (TPSA) is 93.6 Å². The molecule has 0 fully saturated rings. The monoisotopic (exact) mass is 241 g/mol. The first-order valence-corrected chi connectivity index (χ1v) is 5.43. The van der Waals surface area contributed by atoms with Crippen LogP contribution in [0.2, 0.25) is 0 Å². The van der Waals surface area contributed by atoms with E-state index in [4.69, 9.17) is 10.3 Å². The van der Waals surface area contributed by atoms with Crippen molar-refractivity contribution in [3.05, 3.63) is 36.4 Å². The summed E-state index contributed by atoms with van der Waals surface area (Å²) in [6.45, 7) is 1.91. The average molecular weight is 241 g/mol. The largest absolute Gasteiger partial charge is 0.380 e. The van der Waals surface area contributed by atoms with E-state index in [0.29, 0.717) is 11.6 Å². The molecular weight excluding hydrogens is 230 g/mol. The number of anilines is 1. The van der Waals surface area contributed by atoms with Crippen molar-refractivity contribution in [2.24, 2.45) is 0 Å². The van der Waals surface area contributed by atoms with Crippen molar-refractivity contribution in [3.8, 4) is 22.5 Å². The van der Waals surface area contributed by atoms with Gasteiger partial charge in [-0.2, -0.15) is 5.10 Å². The number of rotatable bonds is 2. The number of pyridine rings is 1. The fraction of sp³-hybridized carbons (Fsp3) is 0.0833. The summed E-state index contributed by atoms with van der Waals surface area (Å²) in [5.41, 5.74) is 9.22. The molecule has 6 heteroatoms. The van der Waals surface area contributed by atoms with Gasteiger partial charge in [-0.15, -0.1) is 0 Å². The molecule has 3 aromatic heterocycles. The Morgan fingerprint density at radius 2 is 2.22 bits per heavy atom. The number of aromatic amines is 1. The van der Waals surface area contributed by atoms with E-state index in [1.807, 2.05) is 19.1 Å². The van der Waals surface area contributed by atoms with Crippen LogP contribution in [0.5, 0.6) is 0 Å². The quantitative estimate of drug-likeness (QED) is 0.715. The van der Waals surface area contributed by atoms with E-state index in [9.17, 15) is 0 Å². The highest BCUT2D eigenvalue weighted by Crippen LogP contribution is 2.36. The van der Waals surface area contributed by atoms with Crippen molar-refractivity contribution in [3.63, 3.8) is 0 Å². The molecule has 0 atom stereocenters. The highest BCUT2D eigenvalue weighted by atomic mass is 16.5. The Bertz CT molecular complexity index is 671. The van der Waals surface area contributed by atoms with Crippen molar-refractivity contribution in [2.45, 2.75) is 6.92 Å². The van der Waals surface area contributed by atoms with Gasteiger partial charge in [0.25, 0.3) is 0 Å². The number of hydrogen-bond acceptors (Lipinski definition) is 5.